The highest BCUT2D eigenvalue weighted by Gasteiger charge is 2.10. The zero-order valence-corrected chi connectivity index (χ0v) is 9.59. The van der Waals surface area contributed by atoms with Crippen LogP contribution in [-0.4, -0.2) is 58.3 Å². The molecule has 1 rings (SSSR count). The van der Waals surface area contributed by atoms with Gasteiger partial charge in [0, 0.05) is 13.1 Å². The molecule has 1 heterocycles. The van der Waals surface area contributed by atoms with Crippen LogP contribution in [0.2, 0.25) is 0 Å². The van der Waals surface area contributed by atoms with E-state index in [0.29, 0.717) is 0 Å². The van der Waals surface area contributed by atoms with Crippen LogP contribution in [0.4, 0.5) is 0 Å². The lowest BCUT2D eigenvalue weighted by Crippen LogP contribution is -2.29. The van der Waals surface area contributed by atoms with Crippen molar-refractivity contribution >= 4 is 11.8 Å². The minimum absolute atomic E-state index is 0.0576. The molecule has 8 heteroatoms. The van der Waals surface area contributed by atoms with Crippen LogP contribution >= 0.6 is 0 Å². The number of aliphatic hydroxyl groups is 2. The maximum atomic E-state index is 11.4. The molecule has 0 aliphatic rings. The van der Waals surface area contributed by atoms with Gasteiger partial charge in [-0.25, -0.2) is 9.97 Å². The average Bonchev–Trinajstić information content (AvgIpc) is 2.42. The van der Waals surface area contributed by atoms with Crippen molar-refractivity contribution in [2.75, 3.05) is 26.3 Å². The first-order chi connectivity index (χ1) is 8.69. The predicted molar refractivity (Wildman–Crippen MR) is 60.9 cm³/mol. The summed E-state index contributed by atoms with van der Waals surface area (Å²) >= 11 is 0. The number of carbonyl (C=O) groups excluding carboxylic acids is 2. The summed E-state index contributed by atoms with van der Waals surface area (Å²) < 4.78 is 0. The van der Waals surface area contributed by atoms with Gasteiger partial charge in [0.05, 0.1) is 25.6 Å². The van der Waals surface area contributed by atoms with Crippen molar-refractivity contribution in [1.29, 1.82) is 0 Å². The molecule has 0 atom stereocenters. The molecule has 0 aliphatic carbocycles. The van der Waals surface area contributed by atoms with E-state index in [4.69, 9.17) is 10.2 Å². The van der Waals surface area contributed by atoms with Gasteiger partial charge in [0.2, 0.25) is 0 Å². The molecule has 18 heavy (non-hydrogen) atoms. The van der Waals surface area contributed by atoms with E-state index in [2.05, 4.69) is 20.6 Å². The molecule has 8 nitrogen and oxygen atoms in total. The molecule has 0 saturated heterocycles. The molecule has 0 fully saturated rings. The second-order valence-corrected chi connectivity index (χ2v) is 3.25. The van der Waals surface area contributed by atoms with Crippen LogP contribution in [0.25, 0.3) is 0 Å². The minimum atomic E-state index is -0.473. The van der Waals surface area contributed by atoms with Crippen molar-refractivity contribution in [2.45, 2.75) is 0 Å². The molecular formula is C10H14N4O4. The Morgan fingerprint density at radius 2 is 1.33 bits per heavy atom. The average molecular weight is 254 g/mol. The van der Waals surface area contributed by atoms with Crippen LogP contribution in [0, 0.1) is 0 Å². The van der Waals surface area contributed by atoms with Crippen LogP contribution in [0.15, 0.2) is 12.4 Å². The summed E-state index contributed by atoms with van der Waals surface area (Å²) in [6.07, 6.45) is 2.33. The number of hydrogen-bond donors (Lipinski definition) is 4. The molecule has 4 N–H and O–H groups in total. The van der Waals surface area contributed by atoms with Crippen molar-refractivity contribution in [3.8, 4) is 0 Å². The van der Waals surface area contributed by atoms with E-state index in [9.17, 15) is 9.59 Å². The van der Waals surface area contributed by atoms with Gasteiger partial charge in [0.25, 0.3) is 11.8 Å². The number of aliphatic hydroxyl groups excluding tert-OH is 2. The van der Waals surface area contributed by atoms with Gasteiger partial charge in [-0.3, -0.25) is 9.59 Å². The summed E-state index contributed by atoms with van der Waals surface area (Å²) in [6, 6.07) is 0. The zero-order valence-electron chi connectivity index (χ0n) is 9.59. The molecule has 98 valence electrons. The highest BCUT2D eigenvalue weighted by molar-refractivity contribution is 5.94. The summed E-state index contributed by atoms with van der Waals surface area (Å²) in [5, 5.41) is 21.9. The number of aromatic nitrogens is 2. The maximum absolute atomic E-state index is 11.4. The summed E-state index contributed by atoms with van der Waals surface area (Å²) in [5.41, 5.74) is 0.115. The topological polar surface area (TPSA) is 124 Å². The van der Waals surface area contributed by atoms with Crippen molar-refractivity contribution in [3.63, 3.8) is 0 Å². The Bertz CT molecular complexity index is 368. The number of rotatable bonds is 6. The van der Waals surface area contributed by atoms with Crippen molar-refractivity contribution in [3.05, 3.63) is 23.8 Å². The third kappa shape index (κ3) is 4.07. The van der Waals surface area contributed by atoms with Crippen LogP contribution < -0.4 is 10.6 Å². The van der Waals surface area contributed by atoms with Gasteiger partial charge in [-0.05, 0) is 0 Å². The number of hydrogen-bond acceptors (Lipinski definition) is 6. The van der Waals surface area contributed by atoms with E-state index in [1.54, 1.807) is 0 Å². The van der Waals surface area contributed by atoms with E-state index in [1.165, 1.54) is 12.4 Å². The van der Waals surface area contributed by atoms with E-state index in [1.807, 2.05) is 0 Å². The SMILES string of the molecule is O=C(NCCO)c1cnc(C(=O)NCCO)cn1. The Labute approximate surface area is 103 Å². The first-order valence-corrected chi connectivity index (χ1v) is 5.29. The molecule has 2 amide bonds. The molecule has 0 radical (unpaired) electrons. The summed E-state index contributed by atoms with van der Waals surface area (Å²) in [6.45, 7) is -0.0832. The molecule has 0 saturated carbocycles. The monoisotopic (exact) mass is 254 g/mol. The van der Waals surface area contributed by atoms with E-state index in [-0.39, 0.29) is 37.7 Å². The fraction of sp³-hybridized carbons (Fsp3) is 0.400. The van der Waals surface area contributed by atoms with Crippen LogP contribution in [0.5, 0.6) is 0 Å². The maximum Gasteiger partial charge on any atom is 0.271 e. The van der Waals surface area contributed by atoms with Gasteiger partial charge in [-0.2, -0.15) is 0 Å². The van der Waals surface area contributed by atoms with Crippen LogP contribution in [0.3, 0.4) is 0 Å². The Morgan fingerprint density at radius 3 is 1.61 bits per heavy atom. The summed E-state index contributed by atoms with van der Waals surface area (Å²) in [7, 11) is 0. The fourth-order valence-electron chi connectivity index (χ4n) is 1.08. The third-order valence-electron chi connectivity index (χ3n) is 1.91. The largest absolute Gasteiger partial charge is 0.395 e. The lowest BCUT2D eigenvalue weighted by atomic mass is 10.3. The second kappa shape index (κ2) is 7.30. The molecule has 1 aromatic heterocycles. The Kier molecular flexibility index (Phi) is 5.68. The van der Waals surface area contributed by atoms with Gasteiger partial charge >= 0.3 is 0 Å². The van der Waals surface area contributed by atoms with E-state index >= 15 is 0 Å². The lowest BCUT2D eigenvalue weighted by Gasteiger charge is -2.04. The van der Waals surface area contributed by atoms with Gasteiger partial charge < -0.3 is 20.8 Å². The molecular weight excluding hydrogens is 240 g/mol. The van der Waals surface area contributed by atoms with Gasteiger partial charge in [0.1, 0.15) is 11.4 Å². The van der Waals surface area contributed by atoms with Crippen molar-refractivity contribution in [2.24, 2.45) is 0 Å². The summed E-state index contributed by atoms with van der Waals surface area (Å²) in [4.78, 5) is 30.4. The number of nitrogens with zero attached hydrogens (tertiary/aromatic N) is 2. The predicted octanol–water partition coefficient (Wildman–Crippen LogP) is -2.08. The minimum Gasteiger partial charge on any atom is -0.395 e. The van der Waals surface area contributed by atoms with E-state index < -0.39 is 11.8 Å². The Morgan fingerprint density at radius 1 is 0.944 bits per heavy atom. The second-order valence-electron chi connectivity index (χ2n) is 3.25. The Balaban J connectivity index is 2.62. The number of amides is 2. The highest BCUT2D eigenvalue weighted by Crippen LogP contribution is 1.95. The van der Waals surface area contributed by atoms with Gasteiger partial charge in [-0.15, -0.1) is 0 Å². The molecule has 0 aliphatic heterocycles. The van der Waals surface area contributed by atoms with Gasteiger partial charge in [0.15, 0.2) is 0 Å². The first-order valence-electron chi connectivity index (χ1n) is 5.29. The molecule has 1 aromatic rings. The molecule has 0 unspecified atom stereocenters. The fourth-order valence-corrected chi connectivity index (χ4v) is 1.08. The third-order valence-corrected chi connectivity index (χ3v) is 1.91. The first kappa shape index (κ1) is 14.0. The summed E-state index contributed by atoms with van der Waals surface area (Å²) in [5.74, 6) is -0.947. The number of nitrogens with one attached hydrogen (secondary N) is 2. The van der Waals surface area contributed by atoms with E-state index in [0.717, 1.165) is 0 Å². The molecule has 0 spiro atoms. The van der Waals surface area contributed by atoms with Crippen LogP contribution in [0.1, 0.15) is 21.0 Å². The van der Waals surface area contributed by atoms with Crippen LogP contribution in [-0.2, 0) is 0 Å². The molecule has 0 aromatic carbocycles. The quantitative estimate of drug-likeness (QED) is 0.462. The number of carbonyl (C=O) groups is 2. The van der Waals surface area contributed by atoms with Gasteiger partial charge in [-0.1, -0.05) is 0 Å². The Hall–Kier alpha value is -2.06. The lowest BCUT2D eigenvalue weighted by molar-refractivity contribution is 0.0925. The standard InChI is InChI=1S/C10H14N4O4/c15-3-1-11-9(17)7-5-14-8(6-13-7)10(18)12-2-4-16/h5-6,15-16H,1-4H2,(H,11,17)(H,12,18). The zero-order chi connectivity index (χ0) is 13.4. The smallest absolute Gasteiger partial charge is 0.271 e. The normalized spacial score (nSPS) is 9.89. The highest BCUT2D eigenvalue weighted by atomic mass is 16.3. The van der Waals surface area contributed by atoms with Crippen molar-refractivity contribution in [1.82, 2.24) is 20.6 Å². The molecule has 0 bridgehead atoms. The van der Waals surface area contributed by atoms with Crippen molar-refractivity contribution < 1.29 is 19.8 Å².